The van der Waals surface area contributed by atoms with Gasteiger partial charge < -0.3 is 5.32 Å². The van der Waals surface area contributed by atoms with E-state index in [4.69, 9.17) is 11.6 Å². The second-order valence-corrected chi connectivity index (χ2v) is 8.35. The molecule has 2 amide bonds. The number of thiophene rings is 1. The molecule has 0 saturated carbocycles. The van der Waals surface area contributed by atoms with Crippen LogP contribution in [-0.2, 0) is 12.8 Å². The molecule has 0 atom stereocenters. The summed E-state index contributed by atoms with van der Waals surface area (Å²) in [4.78, 5) is 19.4. The van der Waals surface area contributed by atoms with Crippen LogP contribution in [0.3, 0.4) is 0 Å². The molecule has 1 aliphatic rings. The molecule has 0 unspecified atom stereocenters. The number of para-hydroxylation sites is 1. The van der Waals surface area contributed by atoms with E-state index in [1.165, 1.54) is 23.3 Å². The molecule has 0 radical (unpaired) electrons. The van der Waals surface area contributed by atoms with Crippen molar-refractivity contribution in [1.29, 1.82) is 0 Å². The number of fused-ring (bicyclic) bond motifs is 5. The fourth-order valence-corrected chi connectivity index (χ4v) is 5.17. The van der Waals surface area contributed by atoms with Crippen molar-refractivity contribution in [3.63, 3.8) is 0 Å². The molecular weight excluding hydrogens is 396 g/mol. The van der Waals surface area contributed by atoms with Gasteiger partial charge in [-0.25, -0.2) is 9.78 Å². The smallest absolute Gasteiger partial charge is 0.306 e. The van der Waals surface area contributed by atoms with Crippen LogP contribution in [0.5, 0.6) is 0 Å². The zero-order valence-electron chi connectivity index (χ0n) is 15.1. The molecule has 142 valence electrons. The number of nitrogens with zero attached hydrogens (tertiary/aromatic N) is 4. The summed E-state index contributed by atoms with van der Waals surface area (Å²) in [6.45, 7) is 1.88. The molecular formula is C19H17ClN6OS. The van der Waals surface area contributed by atoms with Crippen LogP contribution in [-0.4, -0.2) is 25.6 Å². The van der Waals surface area contributed by atoms with Gasteiger partial charge >= 0.3 is 6.03 Å². The predicted octanol–water partition coefficient (Wildman–Crippen LogP) is 4.82. The van der Waals surface area contributed by atoms with Crippen molar-refractivity contribution in [3.05, 3.63) is 45.6 Å². The Morgan fingerprint density at radius 2 is 2.07 bits per heavy atom. The molecule has 0 aliphatic heterocycles. The largest absolute Gasteiger partial charge is 0.326 e. The van der Waals surface area contributed by atoms with Gasteiger partial charge in [0, 0.05) is 4.88 Å². The number of halogens is 1. The number of carbonyl (C=O) groups is 1. The summed E-state index contributed by atoms with van der Waals surface area (Å²) >= 11 is 7.92. The van der Waals surface area contributed by atoms with Crippen molar-refractivity contribution in [2.24, 2.45) is 0 Å². The van der Waals surface area contributed by atoms with E-state index in [0.717, 1.165) is 34.3 Å². The maximum Gasteiger partial charge on any atom is 0.326 e. The Morgan fingerprint density at radius 3 is 2.93 bits per heavy atom. The molecule has 3 aromatic heterocycles. The van der Waals surface area contributed by atoms with Gasteiger partial charge in [0.2, 0.25) is 5.95 Å². The molecule has 9 heteroatoms. The summed E-state index contributed by atoms with van der Waals surface area (Å²) in [6.07, 6.45) is 6.20. The fraction of sp³-hybridized carbons (Fsp3) is 0.263. The van der Waals surface area contributed by atoms with Gasteiger partial charge in [-0.2, -0.15) is 0 Å². The van der Waals surface area contributed by atoms with Crippen molar-refractivity contribution in [2.45, 2.75) is 32.6 Å². The highest BCUT2D eigenvalue weighted by atomic mass is 35.5. The van der Waals surface area contributed by atoms with Crippen molar-refractivity contribution in [3.8, 4) is 0 Å². The van der Waals surface area contributed by atoms with E-state index in [2.05, 4.69) is 25.8 Å². The van der Waals surface area contributed by atoms with Gasteiger partial charge in [0.25, 0.3) is 0 Å². The second-order valence-electron chi connectivity index (χ2n) is 6.86. The molecule has 0 fully saturated rings. The monoisotopic (exact) mass is 412 g/mol. The SMILES string of the molecule is Cc1cccc(Cl)c1NC(=O)Nc1nnc2c3c4c(sc3ncn12)CCCC4. The lowest BCUT2D eigenvalue weighted by molar-refractivity contribution is 0.262. The third-order valence-corrected chi connectivity index (χ3v) is 6.56. The van der Waals surface area contributed by atoms with Gasteiger partial charge in [-0.3, -0.25) is 9.72 Å². The molecule has 0 saturated heterocycles. The van der Waals surface area contributed by atoms with E-state index in [-0.39, 0.29) is 0 Å². The topological polar surface area (TPSA) is 84.2 Å². The Hall–Kier alpha value is -2.71. The summed E-state index contributed by atoms with van der Waals surface area (Å²) in [5.74, 6) is 0.322. The maximum absolute atomic E-state index is 12.5. The Labute approximate surface area is 169 Å². The first-order chi connectivity index (χ1) is 13.6. The third kappa shape index (κ3) is 2.80. The van der Waals surface area contributed by atoms with Gasteiger partial charge in [-0.1, -0.05) is 23.7 Å². The minimum atomic E-state index is -0.432. The van der Waals surface area contributed by atoms with E-state index in [0.29, 0.717) is 16.7 Å². The molecule has 4 aromatic rings. The lowest BCUT2D eigenvalue weighted by Gasteiger charge is -2.11. The summed E-state index contributed by atoms with van der Waals surface area (Å²) in [6, 6.07) is 5.02. The number of amides is 2. The summed E-state index contributed by atoms with van der Waals surface area (Å²) in [7, 11) is 0. The highest BCUT2D eigenvalue weighted by molar-refractivity contribution is 7.19. The standard InChI is InChI=1S/C19H17ClN6OS/c1-10-5-4-7-12(20)15(10)22-19(27)23-18-25-24-16-14-11-6-2-3-8-13(11)28-17(14)21-9-26(16)18/h4-5,7,9H,2-3,6,8H2,1H3,(H2,22,23,25,27). The van der Waals surface area contributed by atoms with Gasteiger partial charge in [0.1, 0.15) is 11.2 Å². The van der Waals surface area contributed by atoms with Crippen molar-refractivity contribution in [2.75, 3.05) is 10.6 Å². The summed E-state index contributed by atoms with van der Waals surface area (Å²) < 4.78 is 1.73. The van der Waals surface area contributed by atoms with Gasteiger partial charge in [-0.15, -0.1) is 21.5 Å². The Balaban J connectivity index is 1.49. The molecule has 28 heavy (non-hydrogen) atoms. The first-order valence-electron chi connectivity index (χ1n) is 9.09. The van der Waals surface area contributed by atoms with E-state index >= 15 is 0 Å². The molecule has 1 aromatic carbocycles. The van der Waals surface area contributed by atoms with Crippen LogP contribution in [0.2, 0.25) is 5.02 Å². The number of carbonyl (C=O) groups excluding carboxylic acids is 1. The van der Waals surface area contributed by atoms with Crippen LogP contribution in [0.15, 0.2) is 24.5 Å². The van der Waals surface area contributed by atoms with E-state index in [1.54, 1.807) is 28.1 Å². The fourth-order valence-electron chi connectivity index (χ4n) is 3.68. The minimum Gasteiger partial charge on any atom is -0.306 e. The zero-order valence-corrected chi connectivity index (χ0v) is 16.7. The average Bonchev–Trinajstić information content (AvgIpc) is 3.25. The van der Waals surface area contributed by atoms with E-state index < -0.39 is 6.03 Å². The van der Waals surface area contributed by atoms with Crippen molar-refractivity contribution >= 4 is 56.5 Å². The average molecular weight is 413 g/mol. The number of aromatic nitrogens is 4. The van der Waals surface area contributed by atoms with E-state index in [9.17, 15) is 4.79 Å². The predicted molar refractivity (Wildman–Crippen MR) is 112 cm³/mol. The number of hydrogen-bond donors (Lipinski definition) is 2. The van der Waals surface area contributed by atoms with E-state index in [1.807, 2.05) is 19.1 Å². The van der Waals surface area contributed by atoms with Gasteiger partial charge in [-0.05, 0) is 49.8 Å². The lowest BCUT2D eigenvalue weighted by Crippen LogP contribution is -2.21. The number of urea groups is 1. The lowest BCUT2D eigenvalue weighted by atomic mass is 9.97. The highest BCUT2D eigenvalue weighted by Gasteiger charge is 2.21. The number of anilines is 2. The number of benzene rings is 1. The van der Waals surface area contributed by atoms with Gasteiger partial charge in [0.05, 0.1) is 16.1 Å². The Kier molecular flexibility index (Phi) is 4.17. The van der Waals surface area contributed by atoms with Crippen LogP contribution >= 0.6 is 22.9 Å². The van der Waals surface area contributed by atoms with Crippen LogP contribution in [0, 0.1) is 6.92 Å². The molecule has 7 nitrogen and oxygen atoms in total. The van der Waals surface area contributed by atoms with Crippen LogP contribution in [0.25, 0.3) is 15.9 Å². The molecule has 5 rings (SSSR count). The van der Waals surface area contributed by atoms with Crippen molar-refractivity contribution in [1.82, 2.24) is 19.6 Å². The number of rotatable bonds is 2. The van der Waals surface area contributed by atoms with Crippen LogP contribution in [0.1, 0.15) is 28.8 Å². The molecule has 1 aliphatic carbocycles. The second kappa shape index (κ2) is 6.72. The molecule has 0 bridgehead atoms. The van der Waals surface area contributed by atoms with Gasteiger partial charge in [0.15, 0.2) is 5.65 Å². The number of aryl methyl sites for hydroxylation is 3. The minimum absolute atomic E-state index is 0.322. The molecule has 3 heterocycles. The number of nitrogens with one attached hydrogen (secondary N) is 2. The van der Waals surface area contributed by atoms with Crippen LogP contribution < -0.4 is 10.6 Å². The molecule has 2 N–H and O–H groups in total. The van der Waals surface area contributed by atoms with Crippen LogP contribution in [0.4, 0.5) is 16.4 Å². The quantitative estimate of drug-likeness (QED) is 0.494. The number of hydrogen-bond acceptors (Lipinski definition) is 5. The Bertz CT molecular complexity index is 1210. The molecule has 0 spiro atoms. The summed E-state index contributed by atoms with van der Waals surface area (Å²) in [5, 5.41) is 15.6. The first kappa shape index (κ1) is 17.4. The highest BCUT2D eigenvalue weighted by Crippen LogP contribution is 2.37. The van der Waals surface area contributed by atoms with Crippen molar-refractivity contribution < 1.29 is 4.79 Å². The Morgan fingerprint density at radius 1 is 1.21 bits per heavy atom. The third-order valence-electron chi connectivity index (χ3n) is 5.05. The first-order valence-corrected chi connectivity index (χ1v) is 10.3. The normalized spacial score (nSPS) is 13.6. The summed E-state index contributed by atoms with van der Waals surface area (Å²) in [5.41, 5.74) is 3.51. The zero-order chi connectivity index (χ0) is 19.3. The maximum atomic E-state index is 12.5.